The minimum absolute atomic E-state index is 0.137. The highest BCUT2D eigenvalue weighted by molar-refractivity contribution is 6.38. The van der Waals surface area contributed by atoms with Crippen molar-refractivity contribution in [3.05, 3.63) is 11.1 Å². The Morgan fingerprint density at radius 3 is 2.40 bits per heavy atom. The average molecular weight is 220 g/mol. The largest absolute Gasteiger partial charge is 0.121 e. The summed E-state index contributed by atoms with van der Waals surface area (Å²) >= 11 is 23.1. The Bertz CT molecular complexity index is 154. The Balaban J connectivity index is 2.69. The smallest absolute Gasteiger partial charge is 0.0708 e. The topological polar surface area (TPSA) is 0 Å². The third-order valence-corrected chi connectivity index (χ3v) is 3.32. The number of alkyl halides is 3. The number of halogens is 4. The van der Waals surface area contributed by atoms with Crippen LogP contribution in [0.1, 0.15) is 6.42 Å². The van der Waals surface area contributed by atoms with Crippen LogP contribution >= 0.6 is 46.4 Å². The van der Waals surface area contributed by atoms with Gasteiger partial charge in [-0.2, -0.15) is 0 Å². The van der Waals surface area contributed by atoms with E-state index in [1.165, 1.54) is 0 Å². The van der Waals surface area contributed by atoms with Crippen LogP contribution in [0.5, 0.6) is 0 Å². The first-order chi connectivity index (χ1) is 4.61. The zero-order valence-corrected chi connectivity index (χ0v) is 8.05. The fraction of sp³-hybridized carbons (Fsp3) is 0.667. The molecule has 3 atom stereocenters. The Labute approximate surface area is 80.1 Å². The maximum Gasteiger partial charge on any atom is 0.0708 e. The van der Waals surface area contributed by atoms with Gasteiger partial charge in [0.15, 0.2) is 0 Å². The van der Waals surface area contributed by atoms with Gasteiger partial charge in [0.25, 0.3) is 0 Å². The zero-order valence-electron chi connectivity index (χ0n) is 5.03. The van der Waals surface area contributed by atoms with Gasteiger partial charge >= 0.3 is 0 Å². The molecule has 0 aliphatic heterocycles. The second-order valence-corrected chi connectivity index (χ2v) is 4.28. The van der Waals surface area contributed by atoms with Crippen LogP contribution in [-0.2, 0) is 0 Å². The maximum atomic E-state index is 5.82. The highest BCUT2D eigenvalue weighted by Gasteiger charge is 2.28. The van der Waals surface area contributed by atoms with E-state index in [1.807, 2.05) is 0 Å². The third kappa shape index (κ3) is 1.94. The minimum atomic E-state index is -0.231. The molecule has 0 radical (unpaired) electrons. The van der Waals surface area contributed by atoms with Crippen molar-refractivity contribution < 1.29 is 0 Å². The molecule has 0 amide bonds. The van der Waals surface area contributed by atoms with Crippen molar-refractivity contribution in [1.82, 2.24) is 0 Å². The molecule has 0 N–H and O–H groups in total. The van der Waals surface area contributed by atoms with E-state index in [-0.39, 0.29) is 16.1 Å². The molecule has 0 saturated heterocycles. The lowest BCUT2D eigenvalue weighted by Gasteiger charge is -2.23. The van der Waals surface area contributed by atoms with Crippen LogP contribution in [-0.4, -0.2) is 16.1 Å². The molecule has 0 bridgehead atoms. The lowest BCUT2D eigenvalue weighted by Crippen LogP contribution is -2.28. The van der Waals surface area contributed by atoms with Crippen LogP contribution in [0.4, 0.5) is 0 Å². The molecule has 0 nitrogen and oxygen atoms in total. The van der Waals surface area contributed by atoms with Crippen molar-refractivity contribution in [2.75, 3.05) is 0 Å². The molecule has 10 heavy (non-hydrogen) atoms. The van der Waals surface area contributed by atoms with E-state index in [4.69, 9.17) is 46.4 Å². The molecule has 0 saturated carbocycles. The minimum Gasteiger partial charge on any atom is -0.121 e. The SMILES string of the molecule is ClC1=C[C@H](Cl)[C@H](Cl)[C@@H](Cl)C1. The molecular weight excluding hydrogens is 214 g/mol. The van der Waals surface area contributed by atoms with Gasteiger partial charge in [0, 0.05) is 11.5 Å². The highest BCUT2D eigenvalue weighted by Crippen LogP contribution is 2.31. The monoisotopic (exact) mass is 218 g/mol. The van der Waals surface area contributed by atoms with Crippen molar-refractivity contribution in [3.63, 3.8) is 0 Å². The quantitative estimate of drug-likeness (QED) is 0.549. The molecule has 0 fully saturated rings. The van der Waals surface area contributed by atoms with Gasteiger partial charge in [-0.05, 0) is 0 Å². The lowest BCUT2D eigenvalue weighted by molar-refractivity contribution is 0.745. The predicted molar refractivity (Wildman–Crippen MR) is 47.5 cm³/mol. The Morgan fingerprint density at radius 1 is 1.30 bits per heavy atom. The third-order valence-electron chi connectivity index (χ3n) is 1.38. The normalized spacial score (nSPS) is 41.2. The Hall–Kier alpha value is 0.900. The van der Waals surface area contributed by atoms with Gasteiger partial charge in [-0.15, -0.1) is 34.8 Å². The van der Waals surface area contributed by atoms with Crippen LogP contribution < -0.4 is 0 Å². The van der Waals surface area contributed by atoms with E-state index in [9.17, 15) is 0 Å². The van der Waals surface area contributed by atoms with E-state index in [2.05, 4.69) is 0 Å². The van der Waals surface area contributed by atoms with Gasteiger partial charge in [0.1, 0.15) is 0 Å². The standard InChI is InChI=1S/C6H6Cl4/c7-3-1-4(8)6(10)5(9)2-3/h1,4-6H,2H2/t4-,5-,6-/m0/s1. The molecule has 0 heterocycles. The molecule has 0 unspecified atom stereocenters. The van der Waals surface area contributed by atoms with Crippen LogP contribution in [0.15, 0.2) is 11.1 Å². The zero-order chi connectivity index (χ0) is 7.72. The van der Waals surface area contributed by atoms with E-state index < -0.39 is 0 Å². The lowest BCUT2D eigenvalue weighted by atomic mass is 10.1. The first kappa shape index (κ1) is 8.99. The van der Waals surface area contributed by atoms with Crippen molar-refractivity contribution in [2.24, 2.45) is 0 Å². The van der Waals surface area contributed by atoms with Gasteiger partial charge in [-0.25, -0.2) is 0 Å². The summed E-state index contributed by atoms with van der Waals surface area (Å²) in [6.45, 7) is 0. The van der Waals surface area contributed by atoms with Crippen LogP contribution in [0.3, 0.4) is 0 Å². The van der Waals surface area contributed by atoms with E-state index >= 15 is 0 Å². The van der Waals surface area contributed by atoms with Gasteiger partial charge < -0.3 is 0 Å². The van der Waals surface area contributed by atoms with Gasteiger partial charge in [0.2, 0.25) is 0 Å². The second kappa shape index (κ2) is 3.53. The maximum absolute atomic E-state index is 5.82. The fourth-order valence-electron chi connectivity index (χ4n) is 0.831. The van der Waals surface area contributed by atoms with E-state index in [0.29, 0.717) is 11.5 Å². The summed E-state index contributed by atoms with van der Waals surface area (Å²) < 4.78 is 0. The fourth-order valence-corrected chi connectivity index (χ4v) is 2.16. The Kier molecular flexibility index (Phi) is 3.18. The summed E-state index contributed by atoms with van der Waals surface area (Å²) in [5.74, 6) is 0. The summed E-state index contributed by atoms with van der Waals surface area (Å²) in [4.78, 5) is 0. The number of hydrogen-bond acceptors (Lipinski definition) is 0. The van der Waals surface area contributed by atoms with Gasteiger partial charge in [-0.3, -0.25) is 0 Å². The summed E-state index contributed by atoms with van der Waals surface area (Å²) in [6.07, 6.45) is 2.36. The molecule has 1 aliphatic carbocycles. The number of rotatable bonds is 0. The molecule has 0 aromatic carbocycles. The molecule has 0 aromatic rings. The van der Waals surface area contributed by atoms with E-state index in [1.54, 1.807) is 6.08 Å². The first-order valence-electron chi connectivity index (χ1n) is 2.89. The molecule has 0 spiro atoms. The van der Waals surface area contributed by atoms with Crippen LogP contribution in [0, 0.1) is 0 Å². The summed E-state index contributed by atoms with van der Waals surface area (Å²) in [7, 11) is 0. The van der Waals surface area contributed by atoms with Crippen molar-refractivity contribution in [2.45, 2.75) is 22.6 Å². The second-order valence-electron chi connectivity index (χ2n) is 2.22. The van der Waals surface area contributed by atoms with Crippen LogP contribution in [0.25, 0.3) is 0 Å². The average Bonchev–Trinajstić information content (AvgIpc) is 1.82. The van der Waals surface area contributed by atoms with Gasteiger partial charge in [-0.1, -0.05) is 17.7 Å². The molecule has 1 rings (SSSR count). The first-order valence-corrected chi connectivity index (χ1v) is 4.58. The molecule has 58 valence electrons. The summed E-state index contributed by atoms with van der Waals surface area (Å²) in [5.41, 5.74) is 0. The molecule has 0 aromatic heterocycles. The van der Waals surface area contributed by atoms with Crippen molar-refractivity contribution >= 4 is 46.4 Å². The Morgan fingerprint density at radius 2 is 1.90 bits per heavy atom. The number of hydrogen-bond donors (Lipinski definition) is 0. The van der Waals surface area contributed by atoms with E-state index in [0.717, 1.165) is 0 Å². The highest BCUT2D eigenvalue weighted by atomic mass is 35.5. The molecule has 1 aliphatic rings. The van der Waals surface area contributed by atoms with Crippen molar-refractivity contribution in [1.29, 1.82) is 0 Å². The van der Waals surface area contributed by atoms with Gasteiger partial charge in [0.05, 0.1) is 16.1 Å². The summed E-state index contributed by atoms with van der Waals surface area (Å²) in [6, 6.07) is 0. The molecular formula is C6H6Cl4. The predicted octanol–water partition coefficient (Wildman–Crippen LogP) is 3.34. The number of allylic oxidation sites excluding steroid dienone is 2. The molecule has 4 heteroatoms. The van der Waals surface area contributed by atoms with Crippen LogP contribution in [0.2, 0.25) is 0 Å². The van der Waals surface area contributed by atoms with Crippen molar-refractivity contribution in [3.8, 4) is 0 Å². The summed E-state index contributed by atoms with van der Waals surface area (Å²) in [5, 5.41) is 0.134.